The van der Waals surface area contributed by atoms with Gasteiger partial charge >= 0.3 is 0 Å². The predicted molar refractivity (Wildman–Crippen MR) is 109 cm³/mol. The first-order valence-electron chi connectivity index (χ1n) is 8.81. The number of thiocarbonyl (C=S) groups is 1. The fourth-order valence-corrected chi connectivity index (χ4v) is 3.56. The number of hydrogen-bond acceptors (Lipinski definition) is 5. The maximum absolute atomic E-state index is 10.9. The van der Waals surface area contributed by atoms with Crippen LogP contribution in [0.5, 0.6) is 0 Å². The Morgan fingerprint density at radius 3 is 2.78 bits per heavy atom. The first kappa shape index (κ1) is 19.6. The molecule has 9 heteroatoms. The molecule has 1 aliphatic heterocycles. The lowest BCUT2D eigenvalue weighted by Crippen LogP contribution is -2.41. The van der Waals surface area contributed by atoms with Gasteiger partial charge in [0, 0.05) is 18.7 Å². The summed E-state index contributed by atoms with van der Waals surface area (Å²) in [6, 6.07) is 8.11. The molecule has 2 N–H and O–H groups in total. The van der Waals surface area contributed by atoms with E-state index in [1.54, 1.807) is 6.26 Å². The van der Waals surface area contributed by atoms with Crippen molar-refractivity contribution >= 4 is 40.3 Å². The van der Waals surface area contributed by atoms with Gasteiger partial charge in [0.05, 0.1) is 27.9 Å². The largest absolute Gasteiger partial charge is 0.468 e. The Morgan fingerprint density at radius 2 is 2.11 bits per heavy atom. The van der Waals surface area contributed by atoms with Crippen LogP contribution in [0.2, 0.25) is 5.02 Å². The average molecular weight is 409 g/mol. The summed E-state index contributed by atoms with van der Waals surface area (Å²) in [5.74, 6) is 0.889. The van der Waals surface area contributed by atoms with Gasteiger partial charge in [-0.1, -0.05) is 18.0 Å². The van der Waals surface area contributed by atoms with Crippen LogP contribution < -0.4 is 10.6 Å². The second-order valence-corrected chi connectivity index (χ2v) is 7.20. The summed E-state index contributed by atoms with van der Waals surface area (Å²) in [5.41, 5.74) is 0.349. The van der Waals surface area contributed by atoms with E-state index < -0.39 is 4.92 Å². The lowest BCUT2D eigenvalue weighted by Gasteiger charge is -2.33. The van der Waals surface area contributed by atoms with E-state index >= 15 is 0 Å². The van der Waals surface area contributed by atoms with Crippen molar-refractivity contribution in [2.75, 3.05) is 25.0 Å². The first-order chi connectivity index (χ1) is 13.0. The molecule has 1 aromatic heterocycles. The molecule has 0 amide bonds. The quantitative estimate of drug-likeness (QED) is 0.417. The fourth-order valence-electron chi connectivity index (χ4n) is 3.20. The molecule has 1 aliphatic rings. The molecule has 0 bridgehead atoms. The molecule has 1 aromatic carbocycles. The van der Waals surface area contributed by atoms with Crippen molar-refractivity contribution in [3.05, 3.63) is 57.5 Å². The zero-order valence-corrected chi connectivity index (χ0v) is 16.3. The molecule has 144 valence electrons. The highest BCUT2D eigenvalue weighted by Crippen LogP contribution is 2.27. The molecule has 7 nitrogen and oxygen atoms in total. The molecule has 1 atom stereocenters. The Hall–Kier alpha value is -2.16. The third-order valence-corrected chi connectivity index (χ3v) is 5.14. The summed E-state index contributed by atoms with van der Waals surface area (Å²) in [6.07, 6.45) is 5.26. The zero-order valence-electron chi connectivity index (χ0n) is 14.7. The number of nitrogens with zero attached hydrogens (tertiary/aromatic N) is 2. The number of nitro benzene ring substituents is 1. The summed E-state index contributed by atoms with van der Waals surface area (Å²) in [4.78, 5) is 12.9. The highest BCUT2D eigenvalue weighted by atomic mass is 35.5. The van der Waals surface area contributed by atoms with Crippen LogP contribution in [0.3, 0.4) is 0 Å². The van der Waals surface area contributed by atoms with Crippen molar-refractivity contribution in [3.63, 3.8) is 0 Å². The smallest absolute Gasteiger partial charge is 0.271 e. The zero-order chi connectivity index (χ0) is 19.2. The molecule has 1 saturated heterocycles. The molecule has 0 spiro atoms. The SMILES string of the molecule is O=[N+]([O-])c1ccc(Cl)c(NC(=S)NC[C@H](c2ccco2)N2CCCCC2)c1. The number of nitrogens with one attached hydrogen (secondary N) is 2. The summed E-state index contributed by atoms with van der Waals surface area (Å²) < 4.78 is 5.62. The van der Waals surface area contributed by atoms with Crippen LogP contribution in [0.25, 0.3) is 0 Å². The maximum Gasteiger partial charge on any atom is 0.271 e. The monoisotopic (exact) mass is 408 g/mol. The van der Waals surface area contributed by atoms with Crippen LogP contribution in [-0.2, 0) is 0 Å². The Bertz CT molecular complexity index is 794. The lowest BCUT2D eigenvalue weighted by molar-refractivity contribution is -0.384. The van der Waals surface area contributed by atoms with E-state index in [0.717, 1.165) is 18.8 Å². The molecule has 2 heterocycles. The number of hydrogen-bond donors (Lipinski definition) is 2. The number of furan rings is 1. The molecular formula is C18H21ClN4O3S. The number of nitro groups is 1. The van der Waals surface area contributed by atoms with E-state index in [0.29, 0.717) is 22.4 Å². The van der Waals surface area contributed by atoms with Gasteiger partial charge in [-0.3, -0.25) is 15.0 Å². The maximum atomic E-state index is 10.9. The molecule has 0 unspecified atom stereocenters. The van der Waals surface area contributed by atoms with Gasteiger partial charge in [-0.05, 0) is 56.3 Å². The average Bonchev–Trinajstić information content (AvgIpc) is 3.19. The number of halogens is 1. The number of likely N-dealkylation sites (tertiary alicyclic amines) is 1. The number of piperidine rings is 1. The van der Waals surface area contributed by atoms with E-state index in [-0.39, 0.29) is 11.7 Å². The summed E-state index contributed by atoms with van der Waals surface area (Å²) in [5, 5.41) is 17.8. The first-order valence-corrected chi connectivity index (χ1v) is 9.59. The van der Waals surface area contributed by atoms with Gasteiger partial charge < -0.3 is 15.1 Å². The Balaban J connectivity index is 1.64. The molecule has 3 rings (SSSR count). The van der Waals surface area contributed by atoms with Gasteiger partial charge in [-0.2, -0.15) is 0 Å². The Morgan fingerprint density at radius 1 is 1.33 bits per heavy atom. The molecule has 2 aromatic rings. The van der Waals surface area contributed by atoms with Gasteiger partial charge in [0.1, 0.15) is 5.76 Å². The van der Waals surface area contributed by atoms with Crippen molar-refractivity contribution in [2.45, 2.75) is 25.3 Å². The van der Waals surface area contributed by atoms with E-state index in [2.05, 4.69) is 15.5 Å². The number of anilines is 1. The molecule has 1 fully saturated rings. The van der Waals surface area contributed by atoms with Gasteiger partial charge in [0.2, 0.25) is 0 Å². The molecular weight excluding hydrogens is 388 g/mol. The Labute approximate surface area is 167 Å². The van der Waals surface area contributed by atoms with Crippen LogP contribution >= 0.6 is 23.8 Å². The van der Waals surface area contributed by atoms with Crippen LogP contribution in [0.4, 0.5) is 11.4 Å². The summed E-state index contributed by atoms with van der Waals surface area (Å²) in [6.45, 7) is 2.60. The minimum absolute atomic E-state index is 0.0496. The van der Waals surface area contributed by atoms with Gasteiger partial charge in [-0.15, -0.1) is 0 Å². The normalized spacial score (nSPS) is 15.9. The van der Waals surface area contributed by atoms with Crippen LogP contribution in [0.15, 0.2) is 41.0 Å². The van der Waals surface area contributed by atoms with Gasteiger partial charge in [-0.25, -0.2) is 0 Å². The van der Waals surface area contributed by atoms with E-state index in [1.807, 2.05) is 12.1 Å². The van der Waals surface area contributed by atoms with Crippen LogP contribution in [0.1, 0.15) is 31.1 Å². The van der Waals surface area contributed by atoms with E-state index in [4.69, 9.17) is 28.2 Å². The minimum Gasteiger partial charge on any atom is -0.468 e. The number of benzene rings is 1. The van der Waals surface area contributed by atoms with Gasteiger partial charge in [0.15, 0.2) is 5.11 Å². The standard InChI is InChI=1S/C18H21ClN4O3S/c19-14-7-6-13(23(24)25)11-15(14)21-18(27)20-12-16(17-5-4-10-26-17)22-8-2-1-3-9-22/h4-7,10-11,16H,1-3,8-9,12H2,(H2,20,21,27)/t16-/m1/s1. The fraction of sp³-hybridized carbons (Fsp3) is 0.389. The summed E-state index contributed by atoms with van der Waals surface area (Å²) >= 11 is 11.5. The van der Waals surface area contributed by atoms with Crippen molar-refractivity contribution in [2.24, 2.45) is 0 Å². The van der Waals surface area contributed by atoms with Crippen molar-refractivity contribution in [1.82, 2.24) is 10.2 Å². The minimum atomic E-state index is -0.471. The molecule has 0 saturated carbocycles. The lowest BCUT2D eigenvalue weighted by atomic mass is 10.1. The van der Waals surface area contributed by atoms with E-state index in [1.165, 1.54) is 37.5 Å². The van der Waals surface area contributed by atoms with Crippen molar-refractivity contribution < 1.29 is 9.34 Å². The molecule has 27 heavy (non-hydrogen) atoms. The second-order valence-electron chi connectivity index (χ2n) is 6.38. The molecule has 0 radical (unpaired) electrons. The summed E-state index contributed by atoms with van der Waals surface area (Å²) in [7, 11) is 0. The van der Waals surface area contributed by atoms with Crippen molar-refractivity contribution in [1.29, 1.82) is 0 Å². The second kappa shape index (κ2) is 9.16. The molecule has 0 aliphatic carbocycles. The van der Waals surface area contributed by atoms with Crippen molar-refractivity contribution in [3.8, 4) is 0 Å². The third kappa shape index (κ3) is 5.18. The predicted octanol–water partition coefficient (Wildman–Crippen LogP) is 4.35. The number of non-ortho nitro benzene ring substituents is 1. The van der Waals surface area contributed by atoms with Gasteiger partial charge in [0.25, 0.3) is 5.69 Å². The van der Waals surface area contributed by atoms with E-state index in [9.17, 15) is 10.1 Å². The highest BCUT2D eigenvalue weighted by Gasteiger charge is 2.24. The van der Waals surface area contributed by atoms with Crippen LogP contribution in [-0.4, -0.2) is 34.6 Å². The van der Waals surface area contributed by atoms with Crippen LogP contribution in [0, 0.1) is 10.1 Å². The topological polar surface area (TPSA) is 83.6 Å². The highest BCUT2D eigenvalue weighted by molar-refractivity contribution is 7.80. The number of rotatable bonds is 6. The third-order valence-electron chi connectivity index (χ3n) is 4.57. The Kier molecular flexibility index (Phi) is 6.65.